The predicted octanol–water partition coefficient (Wildman–Crippen LogP) is 0.826. The van der Waals surface area contributed by atoms with Crippen LogP contribution in [0.3, 0.4) is 0 Å². The maximum Gasteiger partial charge on any atom is 0.148 e. The minimum Gasteiger partial charge on any atom is -0.382 e. The minimum atomic E-state index is -2.86. The molecule has 0 aliphatic heterocycles. The number of rotatable bonds is 9. The van der Waals surface area contributed by atoms with Crippen LogP contribution in [0, 0.1) is 0 Å². The van der Waals surface area contributed by atoms with E-state index in [1.807, 2.05) is 13.8 Å². The monoisotopic (exact) mass is 237 g/mol. The van der Waals surface area contributed by atoms with Crippen molar-refractivity contribution in [3.05, 3.63) is 0 Å². The lowest BCUT2D eigenvalue weighted by atomic mass is 10.3. The van der Waals surface area contributed by atoms with Crippen LogP contribution in [0.15, 0.2) is 0 Å². The summed E-state index contributed by atoms with van der Waals surface area (Å²) in [6, 6.07) is 0.0343. The average molecular weight is 237 g/mol. The van der Waals surface area contributed by atoms with Crippen molar-refractivity contribution in [1.82, 2.24) is 5.32 Å². The molecule has 0 amide bonds. The van der Waals surface area contributed by atoms with Gasteiger partial charge in [-0.15, -0.1) is 0 Å². The van der Waals surface area contributed by atoms with Gasteiger partial charge in [0.15, 0.2) is 0 Å². The van der Waals surface area contributed by atoms with Crippen molar-refractivity contribution in [3.63, 3.8) is 0 Å². The van der Waals surface area contributed by atoms with Gasteiger partial charge in [0.2, 0.25) is 0 Å². The Kier molecular flexibility index (Phi) is 8.00. The molecule has 0 aromatic rings. The third-order valence-corrected chi connectivity index (χ3v) is 3.07. The highest BCUT2D eigenvalue weighted by molar-refractivity contribution is 7.90. The number of ether oxygens (including phenoxy) is 1. The summed E-state index contributed by atoms with van der Waals surface area (Å²) in [5.74, 6) is 0.207. The van der Waals surface area contributed by atoms with Crippen LogP contribution in [0.25, 0.3) is 0 Å². The molecule has 0 aromatic carbocycles. The fourth-order valence-electron chi connectivity index (χ4n) is 1.33. The van der Waals surface area contributed by atoms with Gasteiger partial charge >= 0.3 is 0 Å². The van der Waals surface area contributed by atoms with Gasteiger partial charge in [0, 0.05) is 25.5 Å². The molecular weight excluding hydrogens is 214 g/mol. The van der Waals surface area contributed by atoms with Crippen molar-refractivity contribution in [2.45, 2.75) is 32.7 Å². The van der Waals surface area contributed by atoms with Crippen LogP contribution in [0.2, 0.25) is 0 Å². The zero-order valence-corrected chi connectivity index (χ0v) is 10.8. The zero-order valence-electron chi connectivity index (χ0n) is 9.95. The van der Waals surface area contributed by atoms with Crippen molar-refractivity contribution in [1.29, 1.82) is 0 Å². The Morgan fingerprint density at radius 2 is 2.00 bits per heavy atom. The summed E-state index contributed by atoms with van der Waals surface area (Å²) in [7, 11) is -2.86. The molecule has 0 aliphatic rings. The number of sulfone groups is 1. The highest BCUT2D eigenvalue weighted by Gasteiger charge is 2.08. The topological polar surface area (TPSA) is 55.4 Å². The molecule has 0 saturated carbocycles. The van der Waals surface area contributed by atoms with E-state index >= 15 is 0 Å². The molecule has 0 aromatic heterocycles. The number of unbranched alkanes of at least 4 members (excludes halogenated alkanes) is 1. The third-order valence-electron chi connectivity index (χ3n) is 1.97. The van der Waals surface area contributed by atoms with E-state index in [9.17, 15) is 8.42 Å². The van der Waals surface area contributed by atoms with Crippen molar-refractivity contribution in [2.24, 2.45) is 0 Å². The average Bonchev–Trinajstić information content (AvgIpc) is 2.08. The van der Waals surface area contributed by atoms with Crippen LogP contribution in [-0.4, -0.2) is 46.2 Å². The van der Waals surface area contributed by atoms with Crippen LogP contribution >= 0.6 is 0 Å². The fourth-order valence-corrected chi connectivity index (χ4v) is 2.36. The van der Waals surface area contributed by atoms with E-state index in [-0.39, 0.29) is 11.8 Å². The Morgan fingerprint density at radius 1 is 1.33 bits per heavy atom. The molecule has 1 N–H and O–H groups in total. The molecule has 5 heteroatoms. The first kappa shape index (κ1) is 14.9. The first-order valence-electron chi connectivity index (χ1n) is 5.44. The molecule has 0 aliphatic carbocycles. The third kappa shape index (κ3) is 11.8. The molecule has 0 rings (SSSR count). The molecule has 4 nitrogen and oxygen atoms in total. The summed E-state index contributed by atoms with van der Waals surface area (Å²) in [4.78, 5) is 0. The minimum absolute atomic E-state index is 0.0343. The summed E-state index contributed by atoms with van der Waals surface area (Å²) >= 11 is 0. The summed E-state index contributed by atoms with van der Waals surface area (Å²) in [6.07, 6.45) is 3.31. The van der Waals surface area contributed by atoms with E-state index in [1.54, 1.807) is 0 Å². The molecule has 1 unspecified atom stereocenters. The number of hydrogen-bond donors (Lipinski definition) is 1. The second-order valence-corrected chi connectivity index (χ2v) is 6.04. The molecule has 0 bridgehead atoms. The second kappa shape index (κ2) is 8.07. The van der Waals surface area contributed by atoms with Gasteiger partial charge in [0.05, 0.1) is 5.75 Å². The van der Waals surface area contributed by atoms with Crippen molar-refractivity contribution < 1.29 is 13.2 Å². The SMILES string of the molecule is CCOCCCCNC(C)CS(C)(=O)=O. The maximum atomic E-state index is 11.0. The Hall–Kier alpha value is -0.130. The van der Waals surface area contributed by atoms with Gasteiger partial charge in [-0.25, -0.2) is 8.42 Å². The van der Waals surface area contributed by atoms with E-state index in [0.717, 1.165) is 32.6 Å². The summed E-state index contributed by atoms with van der Waals surface area (Å²) in [5.41, 5.74) is 0. The van der Waals surface area contributed by atoms with E-state index in [2.05, 4.69) is 5.32 Å². The second-order valence-electron chi connectivity index (χ2n) is 3.85. The van der Waals surface area contributed by atoms with E-state index in [0.29, 0.717) is 0 Å². The van der Waals surface area contributed by atoms with Crippen LogP contribution in [0.4, 0.5) is 0 Å². The summed E-state index contributed by atoms with van der Waals surface area (Å²) in [5, 5.41) is 3.18. The Morgan fingerprint density at radius 3 is 2.53 bits per heavy atom. The molecule has 1 atom stereocenters. The van der Waals surface area contributed by atoms with Gasteiger partial charge in [-0.3, -0.25) is 0 Å². The van der Waals surface area contributed by atoms with Gasteiger partial charge < -0.3 is 10.1 Å². The maximum absolute atomic E-state index is 11.0. The Labute approximate surface area is 93.3 Å². The lowest BCUT2D eigenvalue weighted by Gasteiger charge is -2.12. The lowest BCUT2D eigenvalue weighted by Crippen LogP contribution is -2.33. The molecule has 0 saturated heterocycles. The van der Waals surface area contributed by atoms with Gasteiger partial charge in [0.25, 0.3) is 0 Å². The first-order valence-corrected chi connectivity index (χ1v) is 7.50. The first-order chi connectivity index (χ1) is 6.95. The zero-order chi connectivity index (χ0) is 11.7. The quantitative estimate of drug-likeness (QED) is 0.603. The molecule has 0 radical (unpaired) electrons. The van der Waals surface area contributed by atoms with Gasteiger partial charge in [-0.1, -0.05) is 0 Å². The Bertz CT molecular complexity index is 239. The highest BCUT2D eigenvalue weighted by Crippen LogP contribution is 1.93. The lowest BCUT2D eigenvalue weighted by molar-refractivity contribution is 0.143. The van der Waals surface area contributed by atoms with Crippen molar-refractivity contribution >= 4 is 9.84 Å². The predicted molar refractivity (Wildman–Crippen MR) is 62.9 cm³/mol. The number of nitrogens with one attached hydrogen (secondary N) is 1. The normalized spacial score (nSPS) is 14.1. The molecule has 15 heavy (non-hydrogen) atoms. The Balaban J connectivity index is 3.36. The van der Waals surface area contributed by atoms with Crippen molar-refractivity contribution in [2.75, 3.05) is 31.8 Å². The molecule has 0 fully saturated rings. The summed E-state index contributed by atoms with van der Waals surface area (Å²) < 4.78 is 27.1. The molecule has 0 heterocycles. The smallest absolute Gasteiger partial charge is 0.148 e. The van der Waals surface area contributed by atoms with Crippen LogP contribution in [0.5, 0.6) is 0 Å². The van der Waals surface area contributed by atoms with E-state index in [4.69, 9.17) is 4.74 Å². The van der Waals surface area contributed by atoms with E-state index < -0.39 is 9.84 Å². The van der Waals surface area contributed by atoms with Crippen LogP contribution in [0.1, 0.15) is 26.7 Å². The largest absolute Gasteiger partial charge is 0.382 e. The highest BCUT2D eigenvalue weighted by atomic mass is 32.2. The number of hydrogen-bond acceptors (Lipinski definition) is 4. The molecule has 92 valence electrons. The van der Waals surface area contributed by atoms with Crippen molar-refractivity contribution in [3.8, 4) is 0 Å². The van der Waals surface area contributed by atoms with Crippen LogP contribution in [-0.2, 0) is 14.6 Å². The fraction of sp³-hybridized carbons (Fsp3) is 1.00. The standard InChI is InChI=1S/C10H23NO3S/c1-4-14-8-6-5-7-11-10(2)9-15(3,12)13/h10-11H,4-9H2,1-3H3. The van der Waals surface area contributed by atoms with Gasteiger partial charge in [-0.2, -0.15) is 0 Å². The van der Waals surface area contributed by atoms with E-state index in [1.165, 1.54) is 6.26 Å². The van der Waals surface area contributed by atoms with Gasteiger partial charge in [0.1, 0.15) is 9.84 Å². The van der Waals surface area contributed by atoms with Crippen LogP contribution < -0.4 is 5.32 Å². The molecular formula is C10H23NO3S. The molecule has 0 spiro atoms. The summed E-state index contributed by atoms with van der Waals surface area (Å²) in [6.45, 7) is 6.27. The van der Waals surface area contributed by atoms with Gasteiger partial charge in [-0.05, 0) is 33.2 Å².